The largest absolute Gasteiger partial charge is 0.442 e. The molecule has 0 N–H and O–H groups in total. The standard InChI is InChI=1S/C16H30N2O7S/c1-15(2,3)24-13(19)18(14(20)25-16(4,5)6)17-9-8-12(10-17)11-23-26(7,21)22/h12H,8-11H2,1-7H3. The van der Waals surface area contributed by atoms with Crippen LogP contribution in [-0.4, -0.2) is 67.8 Å². The van der Waals surface area contributed by atoms with Gasteiger partial charge in [-0.1, -0.05) is 0 Å². The molecule has 0 aromatic rings. The molecule has 1 unspecified atom stereocenters. The molecule has 0 radical (unpaired) electrons. The van der Waals surface area contributed by atoms with E-state index in [4.69, 9.17) is 13.7 Å². The van der Waals surface area contributed by atoms with Gasteiger partial charge in [-0.2, -0.15) is 8.42 Å². The Balaban J connectivity index is 2.88. The Morgan fingerprint density at radius 2 is 1.50 bits per heavy atom. The maximum Gasteiger partial charge on any atom is 0.435 e. The predicted octanol–water partition coefficient (Wildman–Crippen LogP) is 2.37. The second kappa shape index (κ2) is 8.10. The number of imide groups is 1. The van der Waals surface area contributed by atoms with Gasteiger partial charge in [0.1, 0.15) is 11.2 Å². The summed E-state index contributed by atoms with van der Waals surface area (Å²) in [5, 5.41) is 2.34. The SMILES string of the molecule is CC(C)(C)OC(=O)N(C(=O)OC(C)(C)C)N1CCC(COS(C)(=O)=O)C1. The lowest BCUT2D eigenvalue weighted by Gasteiger charge is -2.33. The van der Waals surface area contributed by atoms with E-state index >= 15 is 0 Å². The number of hydrogen-bond donors (Lipinski definition) is 0. The van der Waals surface area contributed by atoms with E-state index in [9.17, 15) is 18.0 Å². The third-order valence-electron chi connectivity index (χ3n) is 3.20. The Morgan fingerprint density at radius 1 is 1.04 bits per heavy atom. The lowest BCUT2D eigenvalue weighted by atomic mass is 10.1. The molecule has 26 heavy (non-hydrogen) atoms. The normalized spacial score (nSPS) is 19.3. The van der Waals surface area contributed by atoms with Crippen LogP contribution < -0.4 is 0 Å². The van der Waals surface area contributed by atoms with E-state index in [-0.39, 0.29) is 19.1 Å². The Hall–Kier alpha value is -1.39. The summed E-state index contributed by atoms with van der Waals surface area (Å²) < 4.78 is 37.7. The first kappa shape index (κ1) is 22.7. The molecule has 0 spiro atoms. The van der Waals surface area contributed by atoms with E-state index in [2.05, 4.69) is 0 Å². The number of hydrazine groups is 1. The Bertz CT molecular complexity index is 591. The van der Waals surface area contributed by atoms with Gasteiger partial charge in [0.15, 0.2) is 0 Å². The van der Waals surface area contributed by atoms with Gasteiger partial charge in [-0.05, 0) is 53.9 Å². The van der Waals surface area contributed by atoms with Crippen molar-refractivity contribution in [2.24, 2.45) is 5.92 Å². The van der Waals surface area contributed by atoms with Gasteiger partial charge in [0.05, 0.1) is 12.9 Å². The highest BCUT2D eigenvalue weighted by atomic mass is 32.2. The van der Waals surface area contributed by atoms with E-state index < -0.39 is 33.5 Å². The van der Waals surface area contributed by atoms with Crippen molar-refractivity contribution in [3.05, 3.63) is 0 Å². The number of nitrogens with zero attached hydrogens (tertiary/aromatic N) is 2. The average Bonchev–Trinajstić information content (AvgIpc) is 2.79. The Kier molecular flexibility index (Phi) is 7.05. The van der Waals surface area contributed by atoms with Gasteiger partial charge in [-0.15, -0.1) is 5.01 Å². The zero-order valence-electron chi connectivity index (χ0n) is 16.6. The fourth-order valence-electron chi connectivity index (χ4n) is 2.27. The molecular weight excluding hydrogens is 364 g/mol. The molecule has 0 bridgehead atoms. The first-order chi connectivity index (χ1) is 11.6. The van der Waals surface area contributed by atoms with Crippen LogP contribution in [0.25, 0.3) is 0 Å². The summed E-state index contributed by atoms with van der Waals surface area (Å²) in [7, 11) is -3.55. The molecule has 0 aromatic heterocycles. The fraction of sp³-hybridized carbons (Fsp3) is 0.875. The monoisotopic (exact) mass is 394 g/mol. The molecule has 1 saturated heterocycles. The van der Waals surface area contributed by atoms with Crippen LogP contribution in [0.2, 0.25) is 0 Å². The second-order valence-electron chi connectivity index (χ2n) is 8.33. The number of amides is 2. The van der Waals surface area contributed by atoms with Crippen molar-refractivity contribution in [1.82, 2.24) is 10.0 Å². The van der Waals surface area contributed by atoms with Gasteiger partial charge >= 0.3 is 12.2 Å². The van der Waals surface area contributed by atoms with E-state index in [1.165, 1.54) is 5.01 Å². The summed E-state index contributed by atoms with van der Waals surface area (Å²) in [4.78, 5) is 25.1. The van der Waals surface area contributed by atoms with Crippen LogP contribution in [0.1, 0.15) is 48.0 Å². The molecule has 1 rings (SSSR count). The lowest BCUT2D eigenvalue weighted by Crippen LogP contribution is -2.52. The minimum atomic E-state index is -3.55. The van der Waals surface area contributed by atoms with Crippen molar-refractivity contribution in [3.63, 3.8) is 0 Å². The highest BCUT2D eigenvalue weighted by Crippen LogP contribution is 2.23. The Labute approximate surface area is 155 Å². The van der Waals surface area contributed by atoms with Crippen molar-refractivity contribution in [2.75, 3.05) is 26.0 Å². The highest BCUT2D eigenvalue weighted by Gasteiger charge is 2.39. The van der Waals surface area contributed by atoms with Crippen LogP contribution in [0.5, 0.6) is 0 Å². The lowest BCUT2D eigenvalue weighted by molar-refractivity contribution is -0.0551. The van der Waals surface area contributed by atoms with Crippen molar-refractivity contribution >= 4 is 22.3 Å². The molecule has 1 heterocycles. The fourth-order valence-corrected chi connectivity index (χ4v) is 2.71. The predicted molar refractivity (Wildman–Crippen MR) is 94.8 cm³/mol. The van der Waals surface area contributed by atoms with Gasteiger partial charge < -0.3 is 9.47 Å². The number of carbonyl (C=O) groups is 2. The summed E-state index contributed by atoms with van der Waals surface area (Å²) in [5.74, 6) is -0.142. The molecule has 1 atom stereocenters. The number of hydrogen-bond acceptors (Lipinski definition) is 8. The molecule has 0 saturated carbocycles. The zero-order valence-corrected chi connectivity index (χ0v) is 17.4. The average molecular weight is 394 g/mol. The van der Waals surface area contributed by atoms with Crippen LogP contribution in [0.15, 0.2) is 0 Å². The summed E-state index contributed by atoms with van der Waals surface area (Å²) in [6.07, 6.45) is -0.127. The minimum absolute atomic E-state index is 0.00812. The van der Waals surface area contributed by atoms with Crippen molar-refractivity contribution < 1.29 is 31.7 Å². The quantitative estimate of drug-likeness (QED) is 0.670. The smallest absolute Gasteiger partial charge is 0.435 e. The molecule has 152 valence electrons. The summed E-state index contributed by atoms with van der Waals surface area (Å²) in [6, 6.07) is 0. The number of carbonyl (C=O) groups excluding carboxylic acids is 2. The van der Waals surface area contributed by atoms with Crippen LogP contribution >= 0.6 is 0 Å². The highest BCUT2D eigenvalue weighted by molar-refractivity contribution is 7.85. The van der Waals surface area contributed by atoms with Crippen molar-refractivity contribution in [1.29, 1.82) is 0 Å². The van der Waals surface area contributed by atoms with Crippen molar-refractivity contribution in [2.45, 2.75) is 59.2 Å². The van der Waals surface area contributed by atoms with Gasteiger partial charge in [0.25, 0.3) is 10.1 Å². The van der Waals surface area contributed by atoms with Gasteiger partial charge in [-0.3, -0.25) is 4.18 Å². The molecule has 1 fully saturated rings. The maximum atomic E-state index is 12.5. The minimum Gasteiger partial charge on any atom is -0.442 e. The molecular formula is C16H30N2O7S. The van der Waals surface area contributed by atoms with Crippen molar-refractivity contribution in [3.8, 4) is 0 Å². The van der Waals surface area contributed by atoms with Crippen LogP contribution in [0.4, 0.5) is 9.59 Å². The first-order valence-corrected chi connectivity index (χ1v) is 10.2. The van der Waals surface area contributed by atoms with Crippen LogP contribution in [0, 0.1) is 5.92 Å². The Morgan fingerprint density at radius 3 is 1.88 bits per heavy atom. The first-order valence-electron chi connectivity index (χ1n) is 8.43. The molecule has 0 aromatic carbocycles. The number of rotatable bonds is 4. The van der Waals surface area contributed by atoms with E-state index in [0.29, 0.717) is 13.0 Å². The topological polar surface area (TPSA) is 102 Å². The molecule has 9 nitrogen and oxygen atoms in total. The van der Waals surface area contributed by atoms with E-state index in [0.717, 1.165) is 11.3 Å². The number of ether oxygens (including phenoxy) is 2. The van der Waals surface area contributed by atoms with Gasteiger partial charge in [0, 0.05) is 13.1 Å². The molecule has 1 aliphatic heterocycles. The van der Waals surface area contributed by atoms with Gasteiger partial charge in [0.2, 0.25) is 0 Å². The van der Waals surface area contributed by atoms with E-state index in [1.54, 1.807) is 41.5 Å². The molecule has 0 aliphatic carbocycles. The molecule has 2 amide bonds. The molecule has 10 heteroatoms. The van der Waals surface area contributed by atoms with E-state index in [1.807, 2.05) is 0 Å². The van der Waals surface area contributed by atoms with Crippen LogP contribution in [0.3, 0.4) is 0 Å². The summed E-state index contributed by atoms with van der Waals surface area (Å²) in [5.41, 5.74) is -1.56. The zero-order chi connectivity index (χ0) is 20.3. The summed E-state index contributed by atoms with van der Waals surface area (Å²) in [6.45, 7) is 10.8. The van der Waals surface area contributed by atoms with Crippen LogP contribution in [-0.2, 0) is 23.8 Å². The third-order valence-corrected chi connectivity index (χ3v) is 3.76. The maximum absolute atomic E-state index is 12.5. The molecule has 1 aliphatic rings. The van der Waals surface area contributed by atoms with Gasteiger partial charge in [-0.25, -0.2) is 14.6 Å². The second-order valence-corrected chi connectivity index (χ2v) is 9.97. The summed E-state index contributed by atoms with van der Waals surface area (Å²) >= 11 is 0. The third kappa shape index (κ3) is 8.33.